The number of carbonyl (C=O) groups is 2. The van der Waals surface area contributed by atoms with Crippen molar-refractivity contribution in [3.05, 3.63) is 33.9 Å². The number of nitrogens with two attached hydrogens (primary N) is 1. The molecule has 3 N–H and O–H groups in total. The summed E-state index contributed by atoms with van der Waals surface area (Å²) in [6, 6.07) is 3.64. The van der Waals surface area contributed by atoms with Crippen LogP contribution in [0.4, 0.5) is 11.4 Å². The summed E-state index contributed by atoms with van der Waals surface area (Å²) >= 11 is 0. The fraction of sp³-hybridized carbons (Fsp3) is 0.385. The van der Waals surface area contributed by atoms with E-state index in [2.05, 4.69) is 0 Å². The Bertz CT molecular complexity index is 601. The number of hydrogen-bond donors (Lipinski definition) is 2. The number of hydrogen-bond acceptors (Lipinski definition) is 5. The van der Waals surface area contributed by atoms with Gasteiger partial charge >= 0.3 is 5.97 Å². The number of carboxylic acid groups (broad SMARTS) is 1. The van der Waals surface area contributed by atoms with Gasteiger partial charge in [0.05, 0.1) is 22.6 Å². The van der Waals surface area contributed by atoms with E-state index < -0.39 is 16.8 Å². The molecule has 0 aliphatic carbocycles. The molecule has 1 aromatic rings. The molecule has 1 heterocycles. The molecule has 0 saturated carbocycles. The number of rotatable bonds is 5. The van der Waals surface area contributed by atoms with E-state index in [1.165, 1.54) is 12.1 Å². The molecule has 8 nitrogen and oxygen atoms in total. The summed E-state index contributed by atoms with van der Waals surface area (Å²) in [4.78, 5) is 34.4. The largest absolute Gasteiger partial charge is 0.481 e. The van der Waals surface area contributed by atoms with Crippen molar-refractivity contribution in [2.45, 2.75) is 25.3 Å². The highest BCUT2D eigenvalue weighted by Crippen LogP contribution is 2.32. The van der Waals surface area contributed by atoms with Gasteiger partial charge in [-0.15, -0.1) is 0 Å². The van der Waals surface area contributed by atoms with E-state index in [4.69, 9.17) is 10.8 Å². The Morgan fingerprint density at radius 2 is 2.19 bits per heavy atom. The average Bonchev–Trinajstić information content (AvgIpc) is 2.84. The van der Waals surface area contributed by atoms with Crippen molar-refractivity contribution in [2.24, 2.45) is 5.73 Å². The van der Waals surface area contributed by atoms with E-state index in [9.17, 15) is 19.7 Å². The van der Waals surface area contributed by atoms with Crippen LogP contribution in [0.5, 0.6) is 0 Å². The molecule has 112 valence electrons. The Hall–Kier alpha value is -2.64. The molecule has 0 radical (unpaired) electrons. The second-order valence-electron chi connectivity index (χ2n) is 4.91. The highest BCUT2D eigenvalue weighted by molar-refractivity contribution is 5.99. The Kier molecular flexibility index (Phi) is 4.06. The van der Waals surface area contributed by atoms with Gasteiger partial charge in [-0.25, -0.2) is 0 Å². The van der Waals surface area contributed by atoms with E-state index in [-0.39, 0.29) is 23.7 Å². The number of nitrogens with zero attached hydrogens (tertiary/aromatic N) is 2. The molecule has 1 aliphatic heterocycles. The topological polar surface area (TPSA) is 127 Å². The van der Waals surface area contributed by atoms with Gasteiger partial charge in [0.1, 0.15) is 0 Å². The molecule has 1 atom stereocenters. The van der Waals surface area contributed by atoms with E-state index in [1.807, 2.05) is 0 Å². The summed E-state index contributed by atoms with van der Waals surface area (Å²) < 4.78 is 0. The van der Waals surface area contributed by atoms with Crippen molar-refractivity contribution >= 4 is 23.3 Å². The van der Waals surface area contributed by atoms with Gasteiger partial charge in [0.15, 0.2) is 0 Å². The molecule has 1 aromatic carbocycles. The quantitative estimate of drug-likeness (QED) is 0.619. The molecule has 1 aliphatic rings. The van der Waals surface area contributed by atoms with Crippen LogP contribution in [0.2, 0.25) is 0 Å². The first-order valence-corrected chi connectivity index (χ1v) is 6.47. The minimum atomic E-state index is -0.922. The Morgan fingerprint density at radius 1 is 1.48 bits per heavy atom. The van der Waals surface area contributed by atoms with Crippen molar-refractivity contribution in [3.63, 3.8) is 0 Å². The minimum absolute atomic E-state index is 0.0430. The summed E-state index contributed by atoms with van der Waals surface area (Å²) in [5.41, 5.74) is 5.57. The molecule has 1 amide bonds. The third-order valence-corrected chi connectivity index (χ3v) is 3.55. The summed E-state index contributed by atoms with van der Waals surface area (Å²) in [5.74, 6) is -1.69. The van der Waals surface area contributed by atoms with E-state index in [0.717, 1.165) is 12.5 Å². The molecular weight excluding hydrogens is 278 g/mol. The van der Waals surface area contributed by atoms with Gasteiger partial charge in [-0.2, -0.15) is 0 Å². The van der Waals surface area contributed by atoms with Gasteiger partial charge in [-0.1, -0.05) is 0 Å². The Balaban J connectivity index is 2.40. The van der Waals surface area contributed by atoms with Crippen LogP contribution in [-0.4, -0.2) is 34.5 Å². The number of carboxylic acids is 1. The molecule has 2 rings (SSSR count). The lowest BCUT2D eigenvalue weighted by Crippen LogP contribution is -2.33. The van der Waals surface area contributed by atoms with Gasteiger partial charge in [-0.3, -0.25) is 19.7 Å². The van der Waals surface area contributed by atoms with E-state index in [0.29, 0.717) is 18.7 Å². The van der Waals surface area contributed by atoms with Crippen LogP contribution in [0.25, 0.3) is 0 Å². The molecule has 0 aromatic heterocycles. The number of nitro groups is 1. The van der Waals surface area contributed by atoms with Crippen LogP contribution in [-0.2, 0) is 4.79 Å². The number of benzene rings is 1. The van der Waals surface area contributed by atoms with Gasteiger partial charge in [-0.05, 0) is 18.9 Å². The first-order chi connectivity index (χ1) is 9.90. The van der Waals surface area contributed by atoms with Crippen molar-refractivity contribution in [1.29, 1.82) is 0 Å². The molecule has 1 fully saturated rings. The highest BCUT2D eigenvalue weighted by atomic mass is 16.6. The number of nitro benzene ring substituents is 1. The normalized spacial score (nSPS) is 17.7. The number of primary amides is 1. The summed E-state index contributed by atoms with van der Waals surface area (Å²) in [6.45, 7) is 0.593. The van der Waals surface area contributed by atoms with E-state index >= 15 is 0 Å². The summed E-state index contributed by atoms with van der Waals surface area (Å²) in [6.07, 6.45) is 1.45. The SMILES string of the molecule is NC(=O)c1cc([N+](=O)[O-])ccc1N1CCCC1CC(=O)O. The van der Waals surface area contributed by atoms with Crippen molar-refractivity contribution in [3.8, 4) is 0 Å². The molecule has 1 unspecified atom stereocenters. The zero-order valence-electron chi connectivity index (χ0n) is 11.2. The zero-order chi connectivity index (χ0) is 15.6. The Labute approximate surface area is 120 Å². The fourth-order valence-corrected chi connectivity index (χ4v) is 2.65. The second kappa shape index (κ2) is 5.78. The first kappa shape index (κ1) is 14.8. The maximum absolute atomic E-state index is 11.5. The lowest BCUT2D eigenvalue weighted by molar-refractivity contribution is -0.384. The maximum Gasteiger partial charge on any atom is 0.305 e. The highest BCUT2D eigenvalue weighted by Gasteiger charge is 2.29. The third-order valence-electron chi connectivity index (χ3n) is 3.55. The smallest absolute Gasteiger partial charge is 0.305 e. The lowest BCUT2D eigenvalue weighted by Gasteiger charge is -2.27. The molecule has 0 bridgehead atoms. The molecule has 1 saturated heterocycles. The van der Waals surface area contributed by atoms with Gasteiger partial charge in [0, 0.05) is 24.7 Å². The predicted molar refractivity (Wildman–Crippen MR) is 74.2 cm³/mol. The summed E-state index contributed by atoms with van der Waals surface area (Å²) in [5, 5.41) is 19.7. The summed E-state index contributed by atoms with van der Waals surface area (Å²) in [7, 11) is 0. The maximum atomic E-state index is 11.5. The standard InChI is InChI=1S/C13H15N3O5/c14-13(19)10-6-9(16(20)21)3-4-11(10)15-5-1-2-8(15)7-12(17)18/h3-4,6,8H,1-2,5,7H2,(H2,14,19)(H,17,18). The molecular formula is C13H15N3O5. The van der Waals surface area contributed by atoms with Gasteiger partial charge in [0.25, 0.3) is 11.6 Å². The van der Waals surface area contributed by atoms with Crippen molar-refractivity contribution in [2.75, 3.05) is 11.4 Å². The van der Waals surface area contributed by atoms with Crippen LogP contribution in [0.15, 0.2) is 18.2 Å². The van der Waals surface area contributed by atoms with Crippen molar-refractivity contribution in [1.82, 2.24) is 0 Å². The van der Waals surface area contributed by atoms with Crippen LogP contribution in [0.1, 0.15) is 29.6 Å². The predicted octanol–water partition coefficient (Wildman–Crippen LogP) is 1.14. The van der Waals surface area contributed by atoms with Crippen LogP contribution < -0.4 is 10.6 Å². The van der Waals surface area contributed by atoms with E-state index in [1.54, 1.807) is 4.90 Å². The monoisotopic (exact) mass is 293 g/mol. The second-order valence-corrected chi connectivity index (χ2v) is 4.91. The van der Waals surface area contributed by atoms with Crippen LogP contribution in [0.3, 0.4) is 0 Å². The number of amides is 1. The third kappa shape index (κ3) is 3.10. The number of non-ortho nitro benzene ring substituents is 1. The van der Waals surface area contributed by atoms with Crippen molar-refractivity contribution < 1.29 is 19.6 Å². The number of anilines is 1. The zero-order valence-corrected chi connectivity index (χ0v) is 11.2. The Morgan fingerprint density at radius 3 is 2.76 bits per heavy atom. The fourth-order valence-electron chi connectivity index (χ4n) is 2.65. The number of carbonyl (C=O) groups excluding carboxylic acids is 1. The minimum Gasteiger partial charge on any atom is -0.481 e. The average molecular weight is 293 g/mol. The van der Waals surface area contributed by atoms with Crippen LogP contribution >= 0.6 is 0 Å². The first-order valence-electron chi connectivity index (χ1n) is 6.47. The molecule has 8 heteroatoms. The number of aliphatic carboxylic acids is 1. The van der Waals surface area contributed by atoms with Gasteiger partial charge < -0.3 is 15.7 Å². The van der Waals surface area contributed by atoms with Gasteiger partial charge in [0.2, 0.25) is 0 Å². The molecule has 21 heavy (non-hydrogen) atoms. The lowest BCUT2D eigenvalue weighted by atomic mass is 10.1. The van der Waals surface area contributed by atoms with Crippen LogP contribution in [0, 0.1) is 10.1 Å². The molecule has 0 spiro atoms.